The van der Waals surface area contributed by atoms with Gasteiger partial charge in [-0.05, 0) is 41.8 Å². The molecule has 35 heavy (non-hydrogen) atoms. The molecule has 6 heteroatoms. The third-order valence-electron chi connectivity index (χ3n) is 6.58. The van der Waals surface area contributed by atoms with Gasteiger partial charge in [0.2, 0.25) is 5.91 Å². The third kappa shape index (κ3) is 4.98. The first-order valence-corrected chi connectivity index (χ1v) is 11.9. The van der Waals surface area contributed by atoms with Crippen molar-refractivity contribution in [1.82, 2.24) is 14.8 Å². The number of carbonyl (C=O) groups excluding carboxylic acids is 1. The van der Waals surface area contributed by atoms with E-state index in [9.17, 15) is 4.79 Å². The highest BCUT2D eigenvalue weighted by molar-refractivity contribution is 6.00. The number of allylic oxidation sites excluding steroid dienone is 1. The summed E-state index contributed by atoms with van der Waals surface area (Å²) in [7, 11) is 1.64. The van der Waals surface area contributed by atoms with Gasteiger partial charge in [-0.2, -0.15) is 0 Å². The highest BCUT2D eigenvalue weighted by Gasteiger charge is 2.21. The number of amides is 1. The van der Waals surface area contributed by atoms with E-state index in [1.807, 2.05) is 60.6 Å². The quantitative estimate of drug-likeness (QED) is 0.363. The fourth-order valence-corrected chi connectivity index (χ4v) is 4.60. The Morgan fingerprint density at radius 3 is 2.51 bits per heavy atom. The predicted molar refractivity (Wildman–Crippen MR) is 138 cm³/mol. The van der Waals surface area contributed by atoms with Crippen LogP contribution in [0.5, 0.6) is 5.75 Å². The number of hydrogen-bond acceptors (Lipinski definition) is 5. The first-order chi connectivity index (χ1) is 17.1. The fourth-order valence-electron chi connectivity index (χ4n) is 4.60. The highest BCUT2D eigenvalue weighted by Crippen LogP contribution is 2.37. The molecule has 1 aliphatic rings. The van der Waals surface area contributed by atoms with Crippen molar-refractivity contribution in [2.24, 2.45) is 0 Å². The van der Waals surface area contributed by atoms with Gasteiger partial charge in [-0.3, -0.25) is 14.7 Å². The zero-order valence-corrected chi connectivity index (χ0v) is 20.1. The van der Waals surface area contributed by atoms with Crippen molar-refractivity contribution in [2.45, 2.75) is 13.5 Å². The molecule has 1 aliphatic heterocycles. The summed E-state index contributed by atoms with van der Waals surface area (Å²) in [4.78, 5) is 21.5. The number of ether oxygens (including phenoxy) is 1. The Kier molecular flexibility index (Phi) is 6.64. The maximum atomic E-state index is 13.1. The van der Waals surface area contributed by atoms with Crippen LogP contribution in [0, 0.1) is 0 Å². The number of pyridine rings is 1. The Hall–Kier alpha value is -3.90. The van der Waals surface area contributed by atoms with Crippen molar-refractivity contribution in [3.8, 4) is 16.9 Å². The molecular formula is C29H29N3O3. The molecule has 6 nitrogen and oxygen atoms in total. The number of fused-ring (bicyclic) bond motifs is 1. The number of rotatable bonds is 6. The SMILES string of the molecule is COc1cc2occ(-c3ccccc3)c2cc1/C(C)=C/C(=O)N1CCN(Cc2ccncc2)CC1. The Morgan fingerprint density at radius 2 is 1.80 bits per heavy atom. The largest absolute Gasteiger partial charge is 0.496 e. The zero-order valence-electron chi connectivity index (χ0n) is 20.1. The van der Waals surface area contributed by atoms with Crippen molar-refractivity contribution in [2.75, 3.05) is 33.3 Å². The summed E-state index contributed by atoms with van der Waals surface area (Å²) in [6.45, 7) is 5.97. The Labute approximate surface area is 205 Å². The standard InChI is InChI=1S/C29H29N3O3/c1-21(16-29(33)32-14-12-31(13-15-32)19-22-8-10-30-11-9-22)24-17-25-26(23-6-4-3-5-7-23)20-35-28(25)18-27(24)34-2/h3-11,16-18,20H,12-15,19H2,1-2H3/b21-16+. The van der Waals surface area contributed by atoms with Gasteiger partial charge in [0.05, 0.1) is 13.4 Å². The second kappa shape index (κ2) is 10.2. The van der Waals surface area contributed by atoms with Crippen LogP contribution in [0.25, 0.3) is 27.7 Å². The molecule has 0 aliphatic carbocycles. The number of furan rings is 1. The van der Waals surface area contributed by atoms with Crippen LogP contribution in [0.4, 0.5) is 0 Å². The summed E-state index contributed by atoms with van der Waals surface area (Å²) in [5.41, 5.74) is 5.87. The molecule has 0 atom stereocenters. The van der Waals surface area contributed by atoms with Crippen molar-refractivity contribution in [3.63, 3.8) is 0 Å². The minimum Gasteiger partial charge on any atom is -0.496 e. The number of carbonyl (C=O) groups is 1. The molecule has 0 N–H and O–H groups in total. The molecule has 5 rings (SSSR count). The lowest BCUT2D eigenvalue weighted by Gasteiger charge is -2.34. The monoisotopic (exact) mass is 467 g/mol. The number of methoxy groups -OCH3 is 1. The molecular weight excluding hydrogens is 438 g/mol. The van der Waals surface area contributed by atoms with Crippen molar-refractivity contribution in [3.05, 3.63) is 90.5 Å². The van der Waals surface area contributed by atoms with Crippen LogP contribution in [0.15, 0.2) is 83.7 Å². The van der Waals surface area contributed by atoms with E-state index in [-0.39, 0.29) is 5.91 Å². The van der Waals surface area contributed by atoms with Gasteiger partial charge in [-0.15, -0.1) is 0 Å². The number of benzene rings is 2. The van der Waals surface area contributed by atoms with E-state index in [4.69, 9.17) is 9.15 Å². The molecule has 0 bridgehead atoms. The molecule has 1 fully saturated rings. The van der Waals surface area contributed by atoms with Crippen LogP contribution in [-0.2, 0) is 11.3 Å². The highest BCUT2D eigenvalue weighted by atomic mass is 16.5. The number of piperazine rings is 1. The molecule has 1 amide bonds. The molecule has 1 saturated heterocycles. The van der Waals surface area contributed by atoms with Crippen LogP contribution in [0.2, 0.25) is 0 Å². The van der Waals surface area contributed by atoms with Gasteiger partial charge in [0.25, 0.3) is 0 Å². The summed E-state index contributed by atoms with van der Waals surface area (Å²) in [5, 5.41) is 0.997. The molecule has 2 aromatic carbocycles. The van der Waals surface area contributed by atoms with Crippen LogP contribution in [0.3, 0.4) is 0 Å². The minimum atomic E-state index is 0.0312. The first kappa shape index (κ1) is 22.9. The van der Waals surface area contributed by atoms with Gasteiger partial charge in [0, 0.05) is 73.8 Å². The fraction of sp³-hybridized carbons (Fsp3) is 0.241. The Bertz CT molecular complexity index is 1340. The summed E-state index contributed by atoms with van der Waals surface area (Å²) in [6.07, 6.45) is 7.14. The Balaban J connectivity index is 1.33. The topological polar surface area (TPSA) is 58.8 Å². The van der Waals surface area contributed by atoms with E-state index in [1.54, 1.807) is 19.4 Å². The summed E-state index contributed by atoms with van der Waals surface area (Å²) in [5.74, 6) is 0.721. The van der Waals surface area contributed by atoms with Crippen molar-refractivity contribution < 1.29 is 13.9 Å². The summed E-state index contributed by atoms with van der Waals surface area (Å²) in [6, 6.07) is 18.2. The molecule has 0 spiro atoms. The lowest BCUT2D eigenvalue weighted by atomic mass is 9.99. The zero-order chi connectivity index (χ0) is 24.2. The van der Waals surface area contributed by atoms with Crippen LogP contribution >= 0.6 is 0 Å². The van der Waals surface area contributed by atoms with Crippen LogP contribution in [-0.4, -0.2) is 54.0 Å². The number of nitrogens with zero attached hydrogens (tertiary/aromatic N) is 3. The number of aromatic nitrogens is 1. The van der Waals surface area contributed by atoms with Crippen molar-refractivity contribution >= 4 is 22.4 Å². The first-order valence-electron chi connectivity index (χ1n) is 11.9. The summed E-state index contributed by atoms with van der Waals surface area (Å²) < 4.78 is 11.5. The molecule has 0 saturated carbocycles. The molecule has 178 valence electrons. The second-order valence-electron chi connectivity index (χ2n) is 8.85. The Morgan fingerprint density at radius 1 is 1.06 bits per heavy atom. The average molecular weight is 468 g/mol. The van der Waals surface area contributed by atoms with Gasteiger partial charge in [-0.25, -0.2) is 0 Å². The maximum absolute atomic E-state index is 13.1. The van der Waals surface area contributed by atoms with E-state index in [1.165, 1.54) is 5.56 Å². The van der Waals surface area contributed by atoms with E-state index in [0.717, 1.165) is 52.9 Å². The van der Waals surface area contributed by atoms with E-state index < -0.39 is 0 Å². The molecule has 0 unspecified atom stereocenters. The number of hydrogen-bond donors (Lipinski definition) is 0. The minimum absolute atomic E-state index is 0.0312. The van der Waals surface area contributed by atoms with Gasteiger partial charge < -0.3 is 14.1 Å². The predicted octanol–water partition coefficient (Wildman–Crippen LogP) is 5.25. The smallest absolute Gasteiger partial charge is 0.246 e. The molecule has 2 aromatic heterocycles. The lowest BCUT2D eigenvalue weighted by molar-refractivity contribution is -0.127. The average Bonchev–Trinajstić information content (AvgIpc) is 3.32. The molecule has 4 aromatic rings. The summed E-state index contributed by atoms with van der Waals surface area (Å²) >= 11 is 0. The molecule has 0 radical (unpaired) electrons. The van der Waals surface area contributed by atoms with Gasteiger partial charge in [-0.1, -0.05) is 30.3 Å². The normalized spacial score (nSPS) is 14.9. The van der Waals surface area contributed by atoms with Gasteiger partial charge in [0.15, 0.2) is 0 Å². The molecule has 3 heterocycles. The van der Waals surface area contributed by atoms with E-state index in [0.29, 0.717) is 18.8 Å². The van der Waals surface area contributed by atoms with Crippen LogP contribution in [0.1, 0.15) is 18.1 Å². The van der Waals surface area contributed by atoms with Gasteiger partial charge in [0.1, 0.15) is 11.3 Å². The van der Waals surface area contributed by atoms with Crippen LogP contribution < -0.4 is 4.74 Å². The second-order valence-corrected chi connectivity index (χ2v) is 8.85. The third-order valence-corrected chi connectivity index (χ3v) is 6.58. The lowest BCUT2D eigenvalue weighted by Crippen LogP contribution is -2.47. The van der Waals surface area contributed by atoms with E-state index in [2.05, 4.69) is 28.1 Å². The van der Waals surface area contributed by atoms with Gasteiger partial charge >= 0.3 is 0 Å². The maximum Gasteiger partial charge on any atom is 0.246 e. The van der Waals surface area contributed by atoms with Crippen molar-refractivity contribution in [1.29, 1.82) is 0 Å². The van der Waals surface area contributed by atoms with E-state index >= 15 is 0 Å².